The van der Waals surface area contributed by atoms with Gasteiger partial charge >= 0.3 is 5.97 Å². The first-order valence-electron chi connectivity index (χ1n) is 5.00. The normalized spacial score (nSPS) is 45.9. The molecular weight excluding hydrogens is 190 g/mol. The highest BCUT2D eigenvalue weighted by molar-refractivity contribution is 5.75. The summed E-state index contributed by atoms with van der Waals surface area (Å²) in [6.45, 7) is 3.34. The first-order valence-corrected chi connectivity index (χ1v) is 5.00. The van der Waals surface area contributed by atoms with Crippen LogP contribution in [0.2, 0.25) is 0 Å². The molecule has 0 amide bonds. The van der Waals surface area contributed by atoms with E-state index in [1.807, 2.05) is 0 Å². The number of rotatable bonds is 0. The summed E-state index contributed by atoms with van der Waals surface area (Å²) in [5, 5.41) is 0. The lowest BCUT2D eigenvalue weighted by molar-refractivity contribution is -0.149. The van der Waals surface area contributed by atoms with Crippen molar-refractivity contribution in [3.05, 3.63) is 0 Å². The van der Waals surface area contributed by atoms with Crippen LogP contribution in [-0.2, 0) is 9.53 Å². The number of fused-ring (bicyclic) bond motifs is 1. The van der Waals surface area contributed by atoms with Crippen molar-refractivity contribution in [3.8, 4) is 0 Å². The number of esters is 1. The smallest absolute Gasteiger partial charge is 0.309 e. The summed E-state index contributed by atoms with van der Waals surface area (Å²) in [6, 6.07) is 0. The fraction of sp³-hybridized carbons (Fsp3) is 0.900. The van der Waals surface area contributed by atoms with Gasteiger partial charge in [0.05, 0.1) is 5.92 Å². The second-order valence-electron chi connectivity index (χ2n) is 4.51. The second kappa shape index (κ2) is 2.91. The molecule has 1 aliphatic carbocycles. The van der Waals surface area contributed by atoms with E-state index in [1.165, 1.54) is 0 Å². The van der Waals surface area contributed by atoms with Crippen molar-refractivity contribution in [3.63, 3.8) is 0 Å². The number of carbonyl (C=O) groups excluding carboxylic acids is 1. The monoisotopic (exact) mass is 204 g/mol. The molecule has 14 heavy (non-hydrogen) atoms. The van der Waals surface area contributed by atoms with Gasteiger partial charge in [0.2, 0.25) is 0 Å². The molecule has 0 bridgehead atoms. The van der Waals surface area contributed by atoms with Gasteiger partial charge in [-0.3, -0.25) is 4.79 Å². The Labute approximate surface area is 81.6 Å². The molecule has 80 valence electrons. The molecule has 1 aliphatic heterocycles. The van der Waals surface area contributed by atoms with E-state index < -0.39 is 23.7 Å². The maximum absolute atomic E-state index is 13.3. The third-order valence-corrected chi connectivity index (χ3v) is 3.56. The van der Waals surface area contributed by atoms with E-state index in [2.05, 4.69) is 0 Å². The lowest BCUT2D eigenvalue weighted by Gasteiger charge is -2.35. The van der Waals surface area contributed by atoms with Crippen LogP contribution >= 0.6 is 0 Å². The van der Waals surface area contributed by atoms with Crippen LogP contribution in [0, 0.1) is 17.8 Å². The third-order valence-electron chi connectivity index (χ3n) is 3.56. The molecule has 0 aromatic carbocycles. The van der Waals surface area contributed by atoms with Crippen LogP contribution in [-0.4, -0.2) is 18.0 Å². The van der Waals surface area contributed by atoms with Crippen molar-refractivity contribution >= 4 is 5.97 Å². The molecule has 1 saturated carbocycles. The Kier molecular flexibility index (Phi) is 2.05. The van der Waals surface area contributed by atoms with Crippen molar-refractivity contribution in [2.75, 3.05) is 0 Å². The highest BCUT2D eigenvalue weighted by Gasteiger charge is 2.54. The van der Waals surface area contributed by atoms with E-state index in [4.69, 9.17) is 4.74 Å². The topological polar surface area (TPSA) is 26.3 Å². The third kappa shape index (κ3) is 1.31. The minimum Gasteiger partial charge on any atom is -0.462 e. The summed E-state index contributed by atoms with van der Waals surface area (Å²) in [5.41, 5.74) is 0. The molecule has 0 spiro atoms. The lowest BCUT2D eigenvalue weighted by Crippen LogP contribution is -2.40. The minimum absolute atomic E-state index is 0.00266. The molecule has 0 aromatic rings. The van der Waals surface area contributed by atoms with Crippen LogP contribution in [0.3, 0.4) is 0 Å². The van der Waals surface area contributed by atoms with E-state index in [0.29, 0.717) is 6.42 Å². The Morgan fingerprint density at radius 1 is 1.43 bits per heavy atom. The summed E-state index contributed by atoms with van der Waals surface area (Å²) in [5.74, 6) is -4.35. The number of ether oxygens (including phenoxy) is 1. The van der Waals surface area contributed by atoms with Crippen molar-refractivity contribution in [2.24, 2.45) is 17.8 Å². The van der Waals surface area contributed by atoms with Gasteiger partial charge in [-0.1, -0.05) is 6.92 Å². The molecule has 1 saturated heterocycles. The van der Waals surface area contributed by atoms with Gasteiger partial charge in [0.15, 0.2) is 0 Å². The van der Waals surface area contributed by atoms with Gasteiger partial charge in [0.25, 0.3) is 5.92 Å². The standard InChI is InChI=1S/C10H14F2O2/c1-5-3-7-6(2)14-9(13)8(7)4-10(5,11)12/h5-8H,3-4H2,1-2H3/t5-,6+,7+,8+/m0/s1. The number of cyclic esters (lactones) is 1. The minimum atomic E-state index is -2.70. The maximum Gasteiger partial charge on any atom is 0.309 e. The Morgan fingerprint density at radius 3 is 2.71 bits per heavy atom. The SMILES string of the molecule is C[C@H]1OC(=O)[C@@H]2CC(F)(F)[C@@H](C)C[C@H]12. The Bertz CT molecular complexity index is 265. The van der Waals surface area contributed by atoms with E-state index in [9.17, 15) is 13.6 Å². The Balaban J connectivity index is 2.20. The van der Waals surface area contributed by atoms with Gasteiger partial charge in [-0.05, 0) is 13.3 Å². The zero-order chi connectivity index (χ0) is 10.5. The van der Waals surface area contributed by atoms with Crippen molar-refractivity contribution in [1.29, 1.82) is 0 Å². The van der Waals surface area contributed by atoms with Gasteiger partial charge < -0.3 is 4.74 Å². The summed E-state index contributed by atoms with van der Waals surface area (Å²) in [4.78, 5) is 11.3. The van der Waals surface area contributed by atoms with Gasteiger partial charge in [-0.2, -0.15) is 0 Å². The molecule has 0 N–H and O–H groups in total. The van der Waals surface area contributed by atoms with Crippen molar-refractivity contribution in [2.45, 2.75) is 38.7 Å². The van der Waals surface area contributed by atoms with Crippen molar-refractivity contribution < 1.29 is 18.3 Å². The first-order chi connectivity index (χ1) is 6.42. The van der Waals surface area contributed by atoms with Gasteiger partial charge in [-0.15, -0.1) is 0 Å². The van der Waals surface area contributed by atoms with E-state index >= 15 is 0 Å². The molecule has 4 heteroatoms. The molecule has 0 aromatic heterocycles. The van der Waals surface area contributed by atoms with Crippen LogP contribution in [0.15, 0.2) is 0 Å². The molecular formula is C10H14F2O2. The van der Waals surface area contributed by atoms with Crippen molar-refractivity contribution in [1.82, 2.24) is 0 Å². The average molecular weight is 204 g/mol. The van der Waals surface area contributed by atoms with Gasteiger partial charge in [0.1, 0.15) is 6.10 Å². The second-order valence-corrected chi connectivity index (χ2v) is 4.51. The fourth-order valence-corrected chi connectivity index (χ4v) is 2.53. The number of hydrogen-bond acceptors (Lipinski definition) is 2. The molecule has 2 nitrogen and oxygen atoms in total. The number of hydrogen-bond donors (Lipinski definition) is 0. The summed E-state index contributed by atoms with van der Waals surface area (Å²) in [6.07, 6.45) is -0.127. The molecule has 1 heterocycles. The molecule has 2 aliphatic rings. The quantitative estimate of drug-likeness (QED) is 0.565. The number of carbonyl (C=O) groups is 1. The molecule has 2 rings (SSSR count). The highest BCUT2D eigenvalue weighted by Crippen LogP contribution is 2.48. The molecule has 2 fully saturated rings. The first kappa shape index (κ1) is 9.87. The molecule has 4 atom stereocenters. The Hall–Kier alpha value is -0.670. The number of halogens is 2. The van der Waals surface area contributed by atoms with E-state index in [-0.39, 0.29) is 18.4 Å². The maximum atomic E-state index is 13.3. The molecule has 0 radical (unpaired) electrons. The van der Waals surface area contributed by atoms with Crippen LogP contribution in [0.1, 0.15) is 26.7 Å². The molecule has 0 unspecified atom stereocenters. The Morgan fingerprint density at radius 2 is 2.07 bits per heavy atom. The zero-order valence-corrected chi connectivity index (χ0v) is 8.30. The van der Waals surface area contributed by atoms with Crippen LogP contribution in [0.5, 0.6) is 0 Å². The highest BCUT2D eigenvalue weighted by atomic mass is 19.3. The van der Waals surface area contributed by atoms with E-state index in [1.54, 1.807) is 13.8 Å². The largest absolute Gasteiger partial charge is 0.462 e. The fourth-order valence-electron chi connectivity index (χ4n) is 2.53. The van der Waals surface area contributed by atoms with Gasteiger partial charge in [-0.25, -0.2) is 8.78 Å². The van der Waals surface area contributed by atoms with Gasteiger partial charge in [0, 0.05) is 18.3 Å². The lowest BCUT2D eigenvalue weighted by atomic mass is 9.72. The van der Waals surface area contributed by atoms with Crippen LogP contribution in [0.25, 0.3) is 0 Å². The summed E-state index contributed by atoms with van der Waals surface area (Å²) < 4.78 is 31.6. The average Bonchev–Trinajstić information content (AvgIpc) is 2.30. The van der Waals surface area contributed by atoms with Crippen LogP contribution in [0.4, 0.5) is 8.78 Å². The predicted octanol–water partition coefficient (Wildman–Crippen LogP) is 2.23. The van der Waals surface area contributed by atoms with Crippen LogP contribution < -0.4 is 0 Å². The summed E-state index contributed by atoms with van der Waals surface area (Å²) in [7, 11) is 0. The zero-order valence-electron chi connectivity index (χ0n) is 8.30. The summed E-state index contributed by atoms with van der Waals surface area (Å²) >= 11 is 0. The number of alkyl halides is 2. The van der Waals surface area contributed by atoms with E-state index in [0.717, 1.165) is 0 Å². The predicted molar refractivity (Wildman–Crippen MR) is 45.9 cm³/mol.